The van der Waals surface area contributed by atoms with Gasteiger partial charge in [-0.15, -0.1) is 0 Å². The summed E-state index contributed by atoms with van der Waals surface area (Å²) >= 11 is 0. The summed E-state index contributed by atoms with van der Waals surface area (Å²) in [5, 5.41) is 13.4. The second-order valence-corrected chi connectivity index (χ2v) is 6.17. The predicted octanol–water partition coefficient (Wildman–Crippen LogP) is 1.89. The summed E-state index contributed by atoms with van der Waals surface area (Å²) < 4.78 is 5.16. The van der Waals surface area contributed by atoms with Crippen LogP contribution in [0.25, 0.3) is 0 Å². The Kier molecular flexibility index (Phi) is 5.33. The Morgan fingerprint density at radius 2 is 2.24 bits per heavy atom. The van der Waals surface area contributed by atoms with Crippen LogP contribution in [0.5, 0.6) is 0 Å². The second kappa shape index (κ2) is 7.02. The molecule has 2 heterocycles. The van der Waals surface area contributed by atoms with Gasteiger partial charge in [0.05, 0.1) is 6.10 Å². The van der Waals surface area contributed by atoms with Crippen molar-refractivity contribution >= 4 is 5.91 Å². The normalized spacial score (nSPS) is 20.2. The zero-order valence-electron chi connectivity index (χ0n) is 13.1. The van der Waals surface area contributed by atoms with Crippen molar-refractivity contribution in [3.63, 3.8) is 0 Å². The SMILES string of the molecule is CC(O)CC1CCCN1C(=O)CCc1nc(C(C)C)no1. The number of rotatable bonds is 6. The van der Waals surface area contributed by atoms with Gasteiger partial charge in [-0.1, -0.05) is 19.0 Å². The molecule has 2 unspecified atom stereocenters. The van der Waals surface area contributed by atoms with Gasteiger partial charge < -0.3 is 14.5 Å². The molecule has 2 atom stereocenters. The van der Waals surface area contributed by atoms with Crippen molar-refractivity contribution in [1.29, 1.82) is 0 Å². The van der Waals surface area contributed by atoms with Gasteiger partial charge >= 0.3 is 0 Å². The highest BCUT2D eigenvalue weighted by atomic mass is 16.5. The molecule has 21 heavy (non-hydrogen) atoms. The molecule has 0 aliphatic carbocycles. The molecule has 0 spiro atoms. The number of aromatic nitrogens is 2. The van der Waals surface area contributed by atoms with Gasteiger partial charge in [-0.2, -0.15) is 4.98 Å². The molecule has 1 aromatic rings. The third-order valence-corrected chi connectivity index (χ3v) is 3.86. The quantitative estimate of drug-likeness (QED) is 0.867. The van der Waals surface area contributed by atoms with Gasteiger partial charge in [0.15, 0.2) is 5.82 Å². The van der Waals surface area contributed by atoms with Crippen LogP contribution in [0.2, 0.25) is 0 Å². The summed E-state index contributed by atoms with van der Waals surface area (Å²) in [4.78, 5) is 18.5. The van der Waals surface area contributed by atoms with Gasteiger partial charge in [0.25, 0.3) is 0 Å². The molecule has 1 aliphatic heterocycles. The molecule has 6 nitrogen and oxygen atoms in total. The van der Waals surface area contributed by atoms with Gasteiger partial charge in [-0.05, 0) is 26.2 Å². The topological polar surface area (TPSA) is 79.5 Å². The van der Waals surface area contributed by atoms with Crippen molar-refractivity contribution in [2.45, 2.75) is 70.9 Å². The van der Waals surface area contributed by atoms with E-state index in [9.17, 15) is 9.90 Å². The van der Waals surface area contributed by atoms with Crippen molar-refractivity contribution < 1.29 is 14.4 Å². The lowest BCUT2D eigenvalue weighted by Gasteiger charge is -2.25. The number of amides is 1. The minimum Gasteiger partial charge on any atom is -0.393 e. The molecule has 0 bridgehead atoms. The van der Waals surface area contributed by atoms with Crippen molar-refractivity contribution in [2.24, 2.45) is 0 Å². The van der Waals surface area contributed by atoms with E-state index in [-0.39, 0.29) is 24.0 Å². The van der Waals surface area contributed by atoms with Crippen LogP contribution in [0.1, 0.15) is 64.1 Å². The number of likely N-dealkylation sites (tertiary alicyclic amines) is 1. The van der Waals surface area contributed by atoms with E-state index in [0.717, 1.165) is 19.4 Å². The standard InChI is InChI=1S/C15H25N3O3/c1-10(2)15-16-13(21-17-15)6-7-14(20)18-8-4-5-12(18)9-11(3)19/h10-12,19H,4-9H2,1-3H3. The Morgan fingerprint density at radius 3 is 2.86 bits per heavy atom. The first-order valence-corrected chi connectivity index (χ1v) is 7.77. The van der Waals surface area contributed by atoms with Gasteiger partial charge in [-0.3, -0.25) is 4.79 Å². The van der Waals surface area contributed by atoms with Crippen LogP contribution in [-0.2, 0) is 11.2 Å². The minimum atomic E-state index is -0.368. The molecule has 1 aliphatic rings. The first kappa shape index (κ1) is 15.9. The number of aliphatic hydroxyl groups is 1. The molecule has 1 amide bonds. The average Bonchev–Trinajstić information content (AvgIpc) is 3.04. The molecule has 6 heteroatoms. The van der Waals surface area contributed by atoms with Crippen LogP contribution in [0.4, 0.5) is 0 Å². The Labute approximate surface area is 125 Å². The van der Waals surface area contributed by atoms with Crippen LogP contribution < -0.4 is 0 Å². The van der Waals surface area contributed by atoms with Crippen LogP contribution in [0, 0.1) is 0 Å². The fourth-order valence-corrected chi connectivity index (χ4v) is 2.76. The van der Waals surface area contributed by atoms with E-state index in [2.05, 4.69) is 10.1 Å². The van der Waals surface area contributed by atoms with Crippen LogP contribution in [0.15, 0.2) is 4.52 Å². The van der Waals surface area contributed by atoms with E-state index < -0.39 is 0 Å². The fraction of sp³-hybridized carbons (Fsp3) is 0.800. The molecule has 2 rings (SSSR count). The van der Waals surface area contributed by atoms with Crippen molar-refractivity contribution in [2.75, 3.05) is 6.54 Å². The lowest BCUT2D eigenvalue weighted by molar-refractivity contribution is -0.132. The Morgan fingerprint density at radius 1 is 1.48 bits per heavy atom. The van der Waals surface area contributed by atoms with Gasteiger partial charge in [0.1, 0.15) is 0 Å². The van der Waals surface area contributed by atoms with E-state index in [0.29, 0.717) is 31.0 Å². The maximum absolute atomic E-state index is 12.3. The number of carbonyl (C=O) groups is 1. The number of nitrogens with zero attached hydrogens (tertiary/aromatic N) is 3. The first-order chi connectivity index (χ1) is 9.97. The number of aliphatic hydroxyl groups excluding tert-OH is 1. The lowest BCUT2D eigenvalue weighted by Crippen LogP contribution is -2.37. The third kappa shape index (κ3) is 4.27. The van der Waals surface area contributed by atoms with Crippen LogP contribution in [0.3, 0.4) is 0 Å². The molecule has 0 aromatic carbocycles. The highest BCUT2D eigenvalue weighted by molar-refractivity contribution is 5.77. The van der Waals surface area contributed by atoms with Crippen LogP contribution in [-0.4, -0.2) is 44.7 Å². The fourth-order valence-electron chi connectivity index (χ4n) is 2.76. The first-order valence-electron chi connectivity index (χ1n) is 7.77. The van der Waals surface area contributed by atoms with E-state index in [4.69, 9.17) is 4.52 Å². The smallest absolute Gasteiger partial charge is 0.227 e. The van der Waals surface area contributed by atoms with Gasteiger partial charge in [0.2, 0.25) is 11.8 Å². The van der Waals surface area contributed by atoms with Crippen molar-refractivity contribution in [3.05, 3.63) is 11.7 Å². The Hall–Kier alpha value is -1.43. The van der Waals surface area contributed by atoms with Gasteiger partial charge in [0, 0.05) is 31.3 Å². The predicted molar refractivity (Wildman–Crippen MR) is 77.7 cm³/mol. The monoisotopic (exact) mass is 295 g/mol. The van der Waals surface area contributed by atoms with Crippen molar-refractivity contribution in [1.82, 2.24) is 15.0 Å². The van der Waals surface area contributed by atoms with E-state index >= 15 is 0 Å². The zero-order chi connectivity index (χ0) is 15.4. The molecule has 1 N–H and O–H groups in total. The molecular formula is C15H25N3O3. The zero-order valence-corrected chi connectivity index (χ0v) is 13.1. The average molecular weight is 295 g/mol. The summed E-state index contributed by atoms with van der Waals surface area (Å²) in [6, 6.07) is 0.173. The van der Waals surface area contributed by atoms with Crippen molar-refractivity contribution in [3.8, 4) is 0 Å². The van der Waals surface area contributed by atoms with Gasteiger partial charge in [-0.25, -0.2) is 0 Å². The Balaban J connectivity index is 1.85. The number of aryl methyl sites for hydroxylation is 1. The highest BCUT2D eigenvalue weighted by Crippen LogP contribution is 2.22. The second-order valence-electron chi connectivity index (χ2n) is 6.17. The lowest BCUT2D eigenvalue weighted by atomic mass is 10.1. The number of hydrogen-bond acceptors (Lipinski definition) is 5. The number of carbonyl (C=O) groups excluding carboxylic acids is 1. The summed E-state index contributed by atoms with van der Waals surface area (Å²) in [7, 11) is 0. The van der Waals surface area contributed by atoms with Crippen LogP contribution >= 0.6 is 0 Å². The maximum Gasteiger partial charge on any atom is 0.227 e. The van der Waals surface area contributed by atoms with E-state index in [1.807, 2.05) is 18.7 Å². The maximum atomic E-state index is 12.3. The minimum absolute atomic E-state index is 0.113. The largest absolute Gasteiger partial charge is 0.393 e. The third-order valence-electron chi connectivity index (χ3n) is 3.86. The molecular weight excluding hydrogens is 270 g/mol. The molecule has 1 fully saturated rings. The summed E-state index contributed by atoms with van der Waals surface area (Å²) in [6.07, 6.45) is 3.15. The molecule has 1 saturated heterocycles. The molecule has 0 saturated carbocycles. The number of hydrogen-bond donors (Lipinski definition) is 1. The molecule has 0 radical (unpaired) electrons. The highest BCUT2D eigenvalue weighted by Gasteiger charge is 2.29. The summed E-state index contributed by atoms with van der Waals surface area (Å²) in [5.74, 6) is 1.55. The summed E-state index contributed by atoms with van der Waals surface area (Å²) in [6.45, 7) is 6.57. The molecule has 118 valence electrons. The Bertz CT molecular complexity index is 470. The summed E-state index contributed by atoms with van der Waals surface area (Å²) in [5.41, 5.74) is 0. The van der Waals surface area contributed by atoms with E-state index in [1.165, 1.54) is 0 Å². The van der Waals surface area contributed by atoms with E-state index in [1.54, 1.807) is 6.92 Å². The molecule has 1 aromatic heterocycles.